The number of carbonyl (C=O) groups excluding carboxylic acids is 1. The number of aryl methyl sites for hydroxylation is 3. The third-order valence-electron chi connectivity index (χ3n) is 4.96. The summed E-state index contributed by atoms with van der Waals surface area (Å²) >= 11 is 6.00. The number of carbonyl (C=O) groups is 1. The van der Waals surface area contributed by atoms with E-state index in [1.165, 1.54) is 5.56 Å². The van der Waals surface area contributed by atoms with Crippen molar-refractivity contribution in [1.82, 2.24) is 4.98 Å². The van der Waals surface area contributed by atoms with Crippen LogP contribution >= 0.6 is 11.6 Å². The maximum atomic E-state index is 12.2. The topological polar surface area (TPSA) is 64.4 Å². The van der Waals surface area contributed by atoms with Crippen LogP contribution in [-0.2, 0) is 11.2 Å². The van der Waals surface area contributed by atoms with E-state index in [1.807, 2.05) is 44.2 Å². The Morgan fingerprint density at radius 2 is 1.81 bits per heavy atom. The fourth-order valence-corrected chi connectivity index (χ4v) is 3.55. The van der Waals surface area contributed by atoms with Gasteiger partial charge in [0.05, 0.1) is 0 Å². The number of nitrogens with one attached hydrogen (secondary N) is 1. The standard InChI is InChI=1S/C25H23ClN2O3/c1-15-10-17(3)25-22(11-15)28-24(31-25)13-18-4-6-19(7-5-18)27-23(29)14-30-20-8-9-21(26)16(2)12-20/h4-12H,13-14H2,1-3H3,(H,27,29). The van der Waals surface area contributed by atoms with Gasteiger partial charge >= 0.3 is 0 Å². The Hall–Kier alpha value is -3.31. The Labute approximate surface area is 186 Å². The molecule has 1 heterocycles. The van der Waals surface area contributed by atoms with E-state index in [1.54, 1.807) is 18.2 Å². The van der Waals surface area contributed by atoms with Crippen LogP contribution < -0.4 is 10.1 Å². The average Bonchev–Trinajstić information content (AvgIpc) is 3.13. The van der Waals surface area contributed by atoms with Crippen LogP contribution in [0.1, 0.15) is 28.1 Å². The predicted octanol–water partition coefficient (Wildman–Crippen LogP) is 6.01. The smallest absolute Gasteiger partial charge is 0.262 e. The maximum Gasteiger partial charge on any atom is 0.262 e. The molecule has 0 saturated carbocycles. The minimum absolute atomic E-state index is 0.0789. The van der Waals surface area contributed by atoms with Crippen LogP contribution in [0, 0.1) is 20.8 Å². The Kier molecular flexibility index (Phi) is 5.96. The van der Waals surface area contributed by atoms with Gasteiger partial charge in [-0.25, -0.2) is 4.98 Å². The number of aromatic nitrogens is 1. The number of rotatable bonds is 6. The van der Waals surface area contributed by atoms with Crippen molar-refractivity contribution in [2.75, 3.05) is 11.9 Å². The molecule has 0 unspecified atom stereocenters. The number of amides is 1. The molecule has 31 heavy (non-hydrogen) atoms. The first kappa shape index (κ1) is 20.9. The summed E-state index contributed by atoms with van der Waals surface area (Å²) in [7, 11) is 0. The molecule has 1 amide bonds. The van der Waals surface area contributed by atoms with Gasteiger partial charge in [0, 0.05) is 17.1 Å². The SMILES string of the molecule is Cc1cc(C)c2oc(Cc3ccc(NC(=O)COc4ccc(Cl)c(C)c4)cc3)nc2c1. The highest BCUT2D eigenvalue weighted by Crippen LogP contribution is 2.24. The molecule has 1 N–H and O–H groups in total. The second-order valence-electron chi connectivity index (χ2n) is 7.66. The van der Waals surface area contributed by atoms with Gasteiger partial charge in [-0.2, -0.15) is 0 Å². The van der Waals surface area contributed by atoms with Crippen LogP contribution in [0.5, 0.6) is 5.75 Å². The third kappa shape index (κ3) is 5.06. The van der Waals surface area contributed by atoms with Crippen molar-refractivity contribution in [2.45, 2.75) is 27.2 Å². The fourth-order valence-electron chi connectivity index (χ4n) is 3.43. The molecule has 0 bridgehead atoms. The number of halogens is 1. The van der Waals surface area contributed by atoms with Crippen molar-refractivity contribution in [3.05, 3.63) is 87.8 Å². The molecule has 4 rings (SSSR count). The van der Waals surface area contributed by atoms with Crippen LogP contribution in [-0.4, -0.2) is 17.5 Å². The van der Waals surface area contributed by atoms with Gasteiger partial charge in [0.15, 0.2) is 18.1 Å². The lowest BCUT2D eigenvalue weighted by atomic mass is 10.1. The Morgan fingerprint density at radius 1 is 1.03 bits per heavy atom. The zero-order chi connectivity index (χ0) is 22.0. The summed E-state index contributed by atoms with van der Waals surface area (Å²) in [6, 6.07) is 17.0. The molecule has 4 aromatic rings. The predicted molar refractivity (Wildman–Crippen MR) is 123 cm³/mol. The Balaban J connectivity index is 1.35. The van der Waals surface area contributed by atoms with E-state index in [-0.39, 0.29) is 12.5 Å². The zero-order valence-corrected chi connectivity index (χ0v) is 18.4. The molecule has 0 atom stereocenters. The van der Waals surface area contributed by atoms with Gasteiger partial charge in [-0.05, 0) is 79.4 Å². The third-order valence-corrected chi connectivity index (χ3v) is 5.38. The van der Waals surface area contributed by atoms with Crippen molar-refractivity contribution in [1.29, 1.82) is 0 Å². The van der Waals surface area contributed by atoms with Crippen LogP contribution in [0.3, 0.4) is 0 Å². The summed E-state index contributed by atoms with van der Waals surface area (Å²) in [5.41, 5.74) is 6.62. The van der Waals surface area contributed by atoms with Crippen molar-refractivity contribution >= 4 is 34.3 Å². The quantitative estimate of drug-likeness (QED) is 0.403. The summed E-state index contributed by atoms with van der Waals surface area (Å²) in [4.78, 5) is 16.8. The van der Waals surface area contributed by atoms with Crippen molar-refractivity contribution < 1.29 is 13.9 Å². The van der Waals surface area contributed by atoms with Gasteiger partial charge < -0.3 is 14.5 Å². The first-order chi connectivity index (χ1) is 14.9. The number of oxazole rings is 1. The van der Waals surface area contributed by atoms with E-state index in [0.29, 0.717) is 28.8 Å². The van der Waals surface area contributed by atoms with E-state index < -0.39 is 0 Å². The summed E-state index contributed by atoms with van der Waals surface area (Å²) in [5.74, 6) is 1.05. The Bertz CT molecular complexity index is 1250. The number of ether oxygens (including phenoxy) is 1. The Morgan fingerprint density at radius 3 is 2.55 bits per heavy atom. The second kappa shape index (κ2) is 8.82. The lowest BCUT2D eigenvalue weighted by Gasteiger charge is -2.09. The first-order valence-electron chi connectivity index (χ1n) is 10.0. The van der Waals surface area contributed by atoms with E-state index in [9.17, 15) is 4.79 Å². The number of nitrogens with zero attached hydrogens (tertiary/aromatic N) is 1. The molecule has 0 aliphatic carbocycles. The molecule has 0 fully saturated rings. The van der Waals surface area contributed by atoms with E-state index >= 15 is 0 Å². The van der Waals surface area contributed by atoms with Crippen LogP contribution in [0.25, 0.3) is 11.1 Å². The second-order valence-corrected chi connectivity index (χ2v) is 8.07. The van der Waals surface area contributed by atoms with Gasteiger partial charge in [0.1, 0.15) is 11.3 Å². The molecule has 0 aliphatic rings. The molecule has 3 aromatic carbocycles. The zero-order valence-electron chi connectivity index (χ0n) is 17.7. The van der Waals surface area contributed by atoms with Crippen LogP contribution in [0.15, 0.2) is 59.0 Å². The minimum atomic E-state index is -0.231. The largest absolute Gasteiger partial charge is 0.484 e. The lowest BCUT2D eigenvalue weighted by molar-refractivity contribution is -0.118. The van der Waals surface area contributed by atoms with Gasteiger partial charge in [0.25, 0.3) is 5.91 Å². The number of hydrogen-bond donors (Lipinski definition) is 1. The van der Waals surface area contributed by atoms with Crippen molar-refractivity contribution in [3.63, 3.8) is 0 Å². The maximum absolute atomic E-state index is 12.2. The normalized spacial score (nSPS) is 11.0. The van der Waals surface area contributed by atoms with Gasteiger partial charge in [0.2, 0.25) is 0 Å². The van der Waals surface area contributed by atoms with E-state index in [2.05, 4.69) is 23.3 Å². The summed E-state index contributed by atoms with van der Waals surface area (Å²) in [6.45, 7) is 5.89. The molecular formula is C25H23ClN2O3. The molecule has 5 nitrogen and oxygen atoms in total. The summed E-state index contributed by atoms with van der Waals surface area (Å²) in [5, 5.41) is 3.50. The molecule has 0 spiro atoms. The lowest BCUT2D eigenvalue weighted by Crippen LogP contribution is -2.20. The van der Waals surface area contributed by atoms with Crippen molar-refractivity contribution in [3.8, 4) is 5.75 Å². The molecule has 6 heteroatoms. The highest BCUT2D eigenvalue weighted by Gasteiger charge is 2.10. The molecular weight excluding hydrogens is 412 g/mol. The molecule has 158 valence electrons. The van der Waals surface area contributed by atoms with E-state index in [4.69, 9.17) is 20.8 Å². The fraction of sp³-hybridized carbons (Fsp3) is 0.200. The first-order valence-corrected chi connectivity index (χ1v) is 10.4. The van der Waals surface area contributed by atoms with Gasteiger partial charge in [-0.3, -0.25) is 4.79 Å². The molecule has 1 aromatic heterocycles. The monoisotopic (exact) mass is 434 g/mol. The molecule has 0 aliphatic heterocycles. The molecule has 0 radical (unpaired) electrons. The van der Waals surface area contributed by atoms with Crippen LogP contribution in [0.4, 0.5) is 5.69 Å². The van der Waals surface area contributed by atoms with Crippen LogP contribution in [0.2, 0.25) is 5.02 Å². The number of hydrogen-bond acceptors (Lipinski definition) is 4. The van der Waals surface area contributed by atoms with Gasteiger partial charge in [-0.15, -0.1) is 0 Å². The highest BCUT2D eigenvalue weighted by molar-refractivity contribution is 6.31. The number of benzene rings is 3. The van der Waals surface area contributed by atoms with E-state index in [0.717, 1.165) is 27.8 Å². The minimum Gasteiger partial charge on any atom is -0.484 e. The summed E-state index contributed by atoms with van der Waals surface area (Å²) in [6.07, 6.45) is 0.584. The number of fused-ring (bicyclic) bond motifs is 1. The summed E-state index contributed by atoms with van der Waals surface area (Å²) < 4.78 is 11.5. The highest BCUT2D eigenvalue weighted by atomic mass is 35.5. The van der Waals surface area contributed by atoms with Crippen molar-refractivity contribution in [2.24, 2.45) is 0 Å². The number of anilines is 1. The van der Waals surface area contributed by atoms with Gasteiger partial charge in [-0.1, -0.05) is 29.8 Å². The molecule has 0 saturated heterocycles. The average molecular weight is 435 g/mol.